The minimum absolute atomic E-state index is 0.0139. The second kappa shape index (κ2) is 9.90. The largest absolute Gasteiger partial charge is 0.465 e. The van der Waals surface area contributed by atoms with Crippen LogP contribution in [-0.4, -0.2) is 32.4 Å². The summed E-state index contributed by atoms with van der Waals surface area (Å²) in [5, 5.41) is 3.57. The topological polar surface area (TPSA) is 114 Å². The van der Waals surface area contributed by atoms with Gasteiger partial charge in [0, 0.05) is 23.7 Å². The number of sulfonamides is 1. The Bertz CT molecular complexity index is 1520. The van der Waals surface area contributed by atoms with E-state index in [2.05, 4.69) is 15.0 Å². The van der Waals surface area contributed by atoms with Crippen LogP contribution in [0, 0.1) is 5.82 Å². The van der Waals surface area contributed by atoms with Crippen LogP contribution in [0.5, 0.6) is 0 Å². The first-order valence-corrected chi connectivity index (χ1v) is 11.9. The number of benzene rings is 3. The van der Waals surface area contributed by atoms with Gasteiger partial charge in [-0.25, -0.2) is 17.6 Å². The number of amides is 1. The Hall–Kier alpha value is -4.31. The van der Waals surface area contributed by atoms with E-state index in [0.29, 0.717) is 11.1 Å². The molecule has 2 N–H and O–H groups in total. The van der Waals surface area contributed by atoms with E-state index in [1.54, 1.807) is 30.5 Å². The van der Waals surface area contributed by atoms with Crippen LogP contribution in [0.1, 0.15) is 26.3 Å². The van der Waals surface area contributed by atoms with E-state index in [-0.39, 0.29) is 28.6 Å². The summed E-state index contributed by atoms with van der Waals surface area (Å²) in [6.07, 6.45) is 1.66. The molecule has 10 heteroatoms. The predicted molar refractivity (Wildman–Crippen MR) is 128 cm³/mol. The van der Waals surface area contributed by atoms with Crippen molar-refractivity contribution in [2.75, 3.05) is 11.8 Å². The van der Waals surface area contributed by atoms with Gasteiger partial charge in [-0.05, 0) is 72.3 Å². The highest BCUT2D eigenvalue weighted by molar-refractivity contribution is 7.92. The smallest absolute Gasteiger partial charge is 0.337 e. The summed E-state index contributed by atoms with van der Waals surface area (Å²) in [4.78, 5) is 28.9. The van der Waals surface area contributed by atoms with E-state index in [0.717, 1.165) is 35.2 Å². The van der Waals surface area contributed by atoms with Crippen molar-refractivity contribution in [2.45, 2.75) is 11.4 Å². The summed E-state index contributed by atoms with van der Waals surface area (Å²) in [6, 6.07) is 17.3. The quantitative estimate of drug-likeness (QED) is 0.378. The van der Waals surface area contributed by atoms with Crippen molar-refractivity contribution in [2.24, 2.45) is 0 Å². The number of methoxy groups -OCH3 is 1. The molecule has 0 atom stereocenters. The van der Waals surface area contributed by atoms with Gasteiger partial charge in [-0.3, -0.25) is 14.5 Å². The van der Waals surface area contributed by atoms with Crippen LogP contribution in [0.2, 0.25) is 0 Å². The molecular weight excluding hydrogens is 473 g/mol. The number of hydrogen-bond donors (Lipinski definition) is 2. The van der Waals surface area contributed by atoms with E-state index >= 15 is 0 Å². The molecule has 35 heavy (non-hydrogen) atoms. The van der Waals surface area contributed by atoms with Crippen molar-refractivity contribution in [3.63, 3.8) is 0 Å². The SMILES string of the molecule is COC(=O)c1cc(CNC(=O)c2ccc3ncccc3c2)cc(NS(=O)(=O)c2ccc(F)cc2)c1. The molecule has 0 fully saturated rings. The van der Waals surface area contributed by atoms with Gasteiger partial charge in [0.05, 0.1) is 28.8 Å². The molecule has 0 unspecified atom stereocenters. The molecular formula is C25H20FN3O5S. The van der Waals surface area contributed by atoms with Crippen molar-refractivity contribution in [3.8, 4) is 0 Å². The van der Waals surface area contributed by atoms with Crippen LogP contribution in [-0.2, 0) is 21.3 Å². The maximum absolute atomic E-state index is 13.2. The van der Waals surface area contributed by atoms with E-state index in [4.69, 9.17) is 4.74 Å². The van der Waals surface area contributed by atoms with Gasteiger partial charge in [0.15, 0.2) is 0 Å². The number of nitrogens with one attached hydrogen (secondary N) is 2. The highest BCUT2D eigenvalue weighted by Crippen LogP contribution is 2.21. The number of carbonyl (C=O) groups is 2. The first-order chi connectivity index (χ1) is 16.7. The molecule has 0 bridgehead atoms. The van der Waals surface area contributed by atoms with Crippen molar-refractivity contribution in [1.82, 2.24) is 10.3 Å². The number of fused-ring (bicyclic) bond motifs is 1. The Morgan fingerprint density at radius 2 is 1.74 bits per heavy atom. The number of anilines is 1. The Kier molecular flexibility index (Phi) is 6.74. The van der Waals surface area contributed by atoms with Crippen molar-refractivity contribution in [3.05, 3.63) is 102 Å². The van der Waals surface area contributed by atoms with E-state index < -0.39 is 21.8 Å². The zero-order valence-corrected chi connectivity index (χ0v) is 19.3. The lowest BCUT2D eigenvalue weighted by atomic mass is 10.1. The third-order valence-corrected chi connectivity index (χ3v) is 6.51. The van der Waals surface area contributed by atoms with Gasteiger partial charge >= 0.3 is 5.97 Å². The zero-order valence-electron chi connectivity index (χ0n) is 18.5. The van der Waals surface area contributed by atoms with E-state index in [1.807, 2.05) is 6.07 Å². The van der Waals surface area contributed by atoms with Crippen LogP contribution < -0.4 is 10.0 Å². The van der Waals surface area contributed by atoms with Crippen LogP contribution in [0.15, 0.2) is 83.9 Å². The molecule has 0 aliphatic carbocycles. The molecule has 1 aromatic heterocycles. The molecule has 1 heterocycles. The predicted octanol–water partition coefficient (Wildman–Crippen LogP) is 3.89. The first kappa shape index (κ1) is 23.8. The standard InChI is InChI=1S/C25H20FN3O5S/c1-34-25(31)19-11-16(12-21(14-19)29-35(32,33)22-7-5-20(26)6-8-22)15-28-24(30)18-4-9-23-17(13-18)3-2-10-27-23/h2-14,29H,15H2,1H3,(H,28,30). The van der Waals surface area contributed by atoms with Crippen molar-refractivity contribution < 1.29 is 27.1 Å². The van der Waals surface area contributed by atoms with Gasteiger partial charge in [0.25, 0.3) is 15.9 Å². The first-order valence-electron chi connectivity index (χ1n) is 10.4. The number of esters is 1. The minimum atomic E-state index is -4.05. The molecule has 1 amide bonds. The monoisotopic (exact) mass is 493 g/mol. The number of ether oxygens (including phenoxy) is 1. The van der Waals surface area contributed by atoms with E-state index in [1.165, 1.54) is 25.3 Å². The number of halogens is 1. The van der Waals surface area contributed by atoms with Crippen LogP contribution in [0.4, 0.5) is 10.1 Å². The summed E-state index contributed by atoms with van der Waals surface area (Å²) in [7, 11) is -2.85. The Morgan fingerprint density at radius 1 is 0.971 bits per heavy atom. The van der Waals surface area contributed by atoms with Gasteiger partial charge in [0.2, 0.25) is 0 Å². The summed E-state index contributed by atoms with van der Waals surface area (Å²) in [5.41, 5.74) is 1.81. The lowest BCUT2D eigenvalue weighted by Gasteiger charge is -2.13. The molecule has 178 valence electrons. The average molecular weight is 494 g/mol. The lowest BCUT2D eigenvalue weighted by Crippen LogP contribution is -2.23. The highest BCUT2D eigenvalue weighted by Gasteiger charge is 2.17. The van der Waals surface area contributed by atoms with Crippen molar-refractivity contribution in [1.29, 1.82) is 0 Å². The second-order valence-electron chi connectivity index (χ2n) is 7.56. The van der Waals surface area contributed by atoms with Crippen molar-refractivity contribution >= 4 is 38.5 Å². The fourth-order valence-electron chi connectivity index (χ4n) is 3.42. The number of carbonyl (C=O) groups excluding carboxylic acids is 2. The lowest BCUT2D eigenvalue weighted by molar-refractivity contribution is 0.0600. The summed E-state index contributed by atoms with van der Waals surface area (Å²) >= 11 is 0. The van der Waals surface area contributed by atoms with Gasteiger partial charge < -0.3 is 10.1 Å². The summed E-state index contributed by atoms with van der Waals surface area (Å²) in [5.74, 6) is -1.60. The molecule has 8 nitrogen and oxygen atoms in total. The average Bonchev–Trinajstić information content (AvgIpc) is 2.86. The number of hydrogen-bond acceptors (Lipinski definition) is 6. The third-order valence-electron chi connectivity index (χ3n) is 5.11. The van der Waals surface area contributed by atoms with E-state index in [9.17, 15) is 22.4 Å². The second-order valence-corrected chi connectivity index (χ2v) is 9.25. The maximum Gasteiger partial charge on any atom is 0.337 e. The molecule has 0 spiro atoms. The van der Waals surface area contributed by atoms with Gasteiger partial charge in [-0.1, -0.05) is 6.07 Å². The fraction of sp³-hybridized carbons (Fsp3) is 0.0800. The van der Waals surface area contributed by atoms with Crippen LogP contribution >= 0.6 is 0 Å². The molecule has 4 aromatic rings. The molecule has 0 radical (unpaired) electrons. The molecule has 3 aromatic carbocycles. The Balaban J connectivity index is 1.56. The number of nitrogens with zero attached hydrogens (tertiary/aromatic N) is 1. The minimum Gasteiger partial charge on any atom is -0.465 e. The van der Waals surface area contributed by atoms with Gasteiger partial charge in [-0.15, -0.1) is 0 Å². The van der Waals surface area contributed by atoms with Gasteiger partial charge in [0.1, 0.15) is 5.82 Å². The fourth-order valence-corrected chi connectivity index (χ4v) is 4.46. The normalized spacial score (nSPS) is 11.1. The van der Waals surface area contributed by atoms with Crippen LogP contribution in [0.3, 0.4) is 0 Å². The zero-order chi connectivity index (χ0) is 25.0. The van der Waals surface area contributed by atoms with Gasteiger partial charge in [-0.2, -0.15) is 0 Å². The number of pyridine rings is 1. The number of aromatic nitrogens is 1. The molecule has 0 aliphatic heterocycles. The summed E-state index contributed by atoms with van der Waals surface area (Å²) in [6.45, 7) is 0.0139. The number of rotatable bonds is 7. The molecule has 0 saturated heterocycles. The highest BCUT2D eigenvalue weighted by atomic mass is 32.2. The maximum atomic E-state index is 13.2. The third kappa shape index (κ3) is 5.61. The molecule has 0 saturated carbocycles. The molecule has 0 aliphatic rings. The Morgan fingerprint density at radius 3 is 2.49 bits per heavy atom. The Labute approximate surface area is 200 Å². The van der Waals surface area contributed by atoms with Crippen LogP contribution in [0.25, 0.3) is 10.9 Å². The molecule has 4 rings (SSSR count). The summed E-state index contributed by atoms with van der Waals surface area (Å²) < 4.78 is 45.7.